The van der Waals surface area contributed by atoms with Gasteiger partial charge in [-0.3, -0.25) is 0 Å². The van der Waals surface area contributed by atoms with Crippen LogP contribution in [0.25, 0.3) is 0 Å². The van der Waals surface area contributed by atoms with E-state index in [-0.39, 0.29) is 0 Å². The molecule has 1 aromatic carbocycles. The van der Waals surface area contributed by atoms with E-state index in [0.717, 1.165) is 41.4 Å². The fourth-order valence-corrected chi connectivity index (χ4v) is 3.19. The predicted molar refractivity (Wildman–Crippen MR) is 78.7 cm³/mol. The van der Waals surface area contributed by atoms with Crippen molar-refractivity contribution in [1.82, 2.24) is 0 Å². The minimum Gasteiger partial charge on any atom is -0.388 e. The number of hydrogen-bond acceptors (Lipinski definition) is 3. The highest BCUT2D eigenvalue weighted by Gasteiger charge is 2.32. The average Bonchev–Trinajstić information content (AvgIpc) is 2.75. The highest BCUT2D eigenvalue weighted by molar-refractivity contribution is 9.10. The molecule has 1 fully saturated rings. The van der Waals surface area contributed by atoms with Gasteiger partial charge in [0.25, 0.3) is 0 Å². The Morgan fingerprint density at radius 2 is 2.06 bits per heavy atom. The van der Waals surface area contributed by atoms with Crippen LogP contribution in [0.15, 0.2) is 22.7 Å². The lowest BCUT2D eigenvalue weighted by Crippen LogP contribution is -2.39. The average molecular weight is 313 g/mol. The third-order valence-corrected chi connectivity index (χ3v) is 4.50. The summed E-state index contributed by atoms with van der Waals surface area (Å²) in [5, 5.41) is 10.4. The molecule has 0 saturated heterocycles. The van der Waals surface area contributed by atoms with E-state index in [4.69, 9.17) is 5.73 Å². The molecule has 1 aliphatic carbocycles. The van der Waals surface area contributed by atoms with Crippen LogP contribution >= 0.6 is 15.9 Å². The smallest absolute Gasteiger partial charge is 0.0821 e. The normalized spacial score (nSPS) is 18.0. The summed E-state index contributed by atoms with van der Waals surface area (Å²) >= 11 is 3.53. The standard InChI is InChI=1S/C14H21BrN2O/c1-17(10-14(18)6-2-3-7-14)12-5-4-11(9-16)13(15)8-12/h4-5,8,18H,2-3,6-7,9-10,16H2,1H3. The lowest BCUT2D eigenvalue weighted by atomic mass is 10.0. The van der Waals surface area contributed by atoms with Gasteiger partial charge in [-0.15, -0.1) is 0 Å². The van der Waals surface area contributed by atoms with Crippen LogP contribution in [0, 0.1) is 0 Å². The van der Waals surface area contributed by atoms with E-state index in [9.17, 15) is 5.11 Å². The van der Waals surface area contributed by atoms with E-state index in [1.54, 1.807) is 0 Å². The first-order chi connectivity index (χ1) is 8.54. The zero-order valence-corrected chi connectivity index (χ0v) is 12.4. The molecule has 1 aliphatic rings. The van der Waals surface area contributed by atoms with Crippen LogP contribution in [-0.2, 0) is 6.54 Å². The van der Waals surface area contributed by atoms with Crippen molar-refractivity contribution in [3.05, 3.63) is 28.2 Å². The van der Waals surface area contributed by atoms with Crippen molar-refractivity contribution in [1.29, 1.82) is 0 Å². The SMILES string of the molecule is CN(CC1(O)CCCC1)c1ccc(CN)c(Br)c1. The number of hydrogen-bond donors (Lipinski definition) is 2. The van der Waals surface area contributed by atoms with Crippen LogP contribution < -0.4 is 10.6 Å². The van der Waals surface area contributed by atoms with Gasteiger partial charge in [0.1, 0.15) is 0 Å². The second-order valence-electron chi connectivity index (χ2n) is 5.27. The van der Waals surface area contributed by atoms with Crippen molar-refractivity contribution < 1.29 is 5.11 Å². The van der Waals surface area contributed by atoms with E-state index >= 15 is 0 Å². The lowest BCUT2D eigenvalue weighted by molar-refractivity contribution is 0.0559. The van der Waals surface area contributed by atoms with E-state index in [2.05, 4.69) is 33.0 Å². The van der Waals surface area contributed by atoms with Gasteiger partial charge in [-0.1, -0.05) is 34.8 Å². The van der Waals surface area contributed by atoms with Gasteiger partial charge in [0.2, 0.25) is 0 Å². The fraction of sp³-hybridized carbons (Fsp3) is 0.571. The Morgan fingerprint density at radius 1 is 1.39 bits per heavy atom. The van der Waals surface area contributed by atoms with Gasteiger partial charge in [-0.2, -0.15) is 0 Å². The molecule has 0 amide bonds. The van der Waals surface area contributed by atoms with Crippen molar-refractivity contribution in [2.45, 2.75) is 37.8 Å². The Hall–Kier alpha value is -0.580. The van der Waals surface area contributed by atoms with Crippen molar-refractivity contribution in [2.75, 3.05) is 18.5 Å². The van der Waals surface area contributed by atoms with Crippen LogP contribution in [-0.4, -0.2) is 24.3 Å². The Kier molecular flexibility index (Phi) is 4.30. The van der Waals surface area contributed by atoms with Gasteiger partial charge in [0.15, 0.2) is 0 Å². The third-order valence-electron chi connectivity index (χ3n) is 3.76. The number of aliphatic hydroxyl groups is 1. The molecule has 0 bridgehead atoms. The van der Waals surface area contributed by atoms with Gasteiger partial charge >= 0.3 is 0 Å². The Morgan fingerprint density at radius 3 is 2.61 bits per heavy atom. The molecule has 0 spiro atoms. The third kappa shape index (κ3) is 3.05. The summed E-state index contributed by atoms with van der Waals surface area (Å²) < 4.78 is 1.03. The quantitative estimate of drug-likeness (QED) is 0.898. The summed E-state index contributed by atoms with van der Waals surface area (Å²) in [6.07, 6.45) is 4.11. The molecular weight excluding hydrogens is 292 g/mol. The van der Waals surface area contributed by atoms with Gasteiger partial charge in [-0.05, 0) is 30.5 Å². The van der Waals surface area contributed by atoms with E-state index in [0.29, 0.717) is 13.1 Å². The minimum atomic E-state index is -0.506. The number of halogens is 1. The van der Waals surface area contributed by atoms with Gasteiger partial charge in [-0.25, -0.2) is 0 Å². The van der Waals surface area contributed by atoms with Crippen molar-refractivity contribution in [2.24, 2.45) is 5.73 Å². The maximum atomic E-state index is 10.4. The maximum Gasteiger partial charge on any atom is 0.0821 e. The summed E-state index contributed by atoms with van der Waals surface area (Å²) in [4.78, 5) is 2.12. The van der Waals surface area contributed by atoms with Gasteiger partial charge in [0, 0.05) is 30.3 Å². The zero-order valence-electron chi connectivity index (χ0n) is 10.8. The number of anilines is 1. The highest BCUT2D eigenvalue weighted by Crippen LogP contribution is 2.32. The molecule has 0 radical (unpaired) electrons. The van der Waals surface area contributed by atoms with Crippen molar-refractivity contribution >= 4 is 21.6 Å². The number of benzene rings is 1. The molecule has 2 rings (SSSR count). The number of likely N-dealkylation sites (N-methyl/N-ethyl adjacent to an activating group) is 1. The predicted octanol–water partition coefficient (Wildman–Crippen LogP) is 2.65. The van der Waals surface area contributed by atoms with Crippen LogP contribution in [0.2, 0.25) is 0 Å². The molecular formula is C14H21BrN2O. The summed E-state index contributed by atoms with van der Waals surface area (Å²) in [7, 11) is 2.03. The largest absolute Gasteiger partial charge is 0.388 e. The van der Waals surface area contributed by atoms with Gasteiger partial charge < -0.3 is 15.7 Å². The summed E-state index contributed by atoms with van der Waals surface area (Å²) in [5.74, 6) is 0. The first-order valence-electron chi connectivity index (χ1n) is 6.46. The minimum absolute atomic E-state index is 0.506. The first kappa shape index (κ1) is 13.8. The van der Waals surface area contributed by atoms with E-state index in [1.807, 2.05) is 13.1 Å². The van der Waals surface area contributed by atoms with E-state index in [1.165, 1.54) is 0 Å². The lowest BCUT2D eigenvalue weighted by Gasteiger charge is -2.30. The zero-order chi connectivity index (χ0) is 13.2. The Bertz CT molecular complexity index is 416. The second kappa shape index (κ2) is 5.59. The summed E-state index contributed by atoms with van der Waals surface area (Å²) in [5.41, 5.74) is 7.35. The Labute approximate surface area is 117 Å². The van der Waals surface area contributed by atoms with Crippen LogP contribution in [0.1, 0.15) is 31.2 Å². The second-order valence-corrected chi connectivity index (χ2v) is 6.12. The summed E-state index contributed by atoms with van der Waals surface area (Å²) in [6.45, 7) is 1.23. The molecule has 0 aliphatic heterocycles. The Balaban J connectivity index is 2.08. The molecule has 0 heterocycles. The van der Waals surface area contributed by atoms with Crippen LogP contribution in [0.5, 0.6) is 0 Å². The molecule has 0 aromatic heterocycles. The molecule has 3 N–H and O–H groups in total. The molecule has 18 heavy (non-hydrogen) atoms. The number of rotatable bonds is 4. The highest BCUT2D eigenvalue weighted by atomic mass is 79.9. The number of nitrogens with zero attached hydrogens (tertiary/aromatic N) is 1. The van der Waals surface area contributed by atoms with Crippen LogP contribution in [0.4, 0.5) is 5.69 Å². The molecule has 4 heteroatoms. The summed E-state index contributed by atoms with van der Waals surface area (Å²) in [6, 6.07) is 6.17. The number of nitrogens with two attached hydrogens (primary N) is 1. The monoisotopic (exact) mass is 312 g/mol. The molecule has 3 nitrogen and oxygen atoms in total. The van der Waals surface area contributed by atoms with E-state index < -0.39 is 5.60 Å². The van der Waals surface area contributed by atoms with Crippen LogP contribution in [0.3, 0.4) is 0 Å². The molecule has 0 unspecified atom stereocenters. The first-order valence-corrected chi connectivity index (χ1v) is 7.25. The topological polar surface area (TPSA) is 49.5 Å². The van der Waals surface area contributed by atoms with Crippen molar-refractivity contribution in [3.63, 3.8) is 0 Å². The van der Waals surface area contributed by atoms with Gasteiger partial charge in [0.05, 0.1) is 5.60 Å². The molecule has 100 valence electrons. The van der Waals surface area contributed by atoms with Crippen molar-refractivity contribution in [3.8, 4) is 0 Å². The molecule has 1 saturated carbocycles. The molecule has 0 atom stereocenters. The maximum absolute atomic E-state index is 10.4. The fourth-order valence-electron chi connectivity index (χ4n) is 2.66. The molecule has 1 aromatic rings.